The molecule has 15 nitrogen and oxygen atoms in total. The standard InChI is InChI=1S/C8H24N6O5Si2.C2H8O4P.6CH3.2ClH.2W/c9-7(10)13-3-1-5-20(15,16)19-21(17,18)6-2-4-14-8(11)12;1-5-7(3,4)6-2;;;;;;;;;;/h15-18H,1-6H2,(H4,9,10,13)(H4,11,12,14);3-4H,1-2H3;6*1H3;2*1H;;/q;+1;6*-1;;;;. The van der Waals surface area contributed by atoms with E-state index in [1.165, 1.54) is 0 Å². The fourth-order valence-electron chi connectivity index (χ4n) is 1.50. The third-order valence-corrected chi connectivity index (χ3v) is 8.33. The monoisotopic (exact) mass is 997 g/mol. The van der Waals surface area contributed by atoms with Gasteiger partial charge in [-0.2, -0.15) is 18.8 Å². The number of guanidine groups is 2. The Morgan fingerprint density at radius 2 is 1.16 bits per heavy atom. The molecule has 0 aromatic carbocycles. The molecule has 0 atom stereocenters. The van der Waals surface area contributed by atoms with Gasteiger partial charge >= 0.3 is 25.8 Å². The molecule has 0 unspecified atom stereocenters. The van der Waals surface area contributed by atoms with Crippen molar-refractivity contribution in [2.24, 2.45) is 22.2 Å². The fourth-order valence-corrected chi connectivity index (χ4v) is 5.81. The molecule has 0 amide bonds. The summed E-state index contributed by atoms with van der Waals surface area (Å²) in [4.78, 5) is 59.0. The van der Waals surface area contributed by atoms with E-state index in [1.807, 2.05) is 0 Å². The minimum absolute atomic E-state index is 0. The molecule has 0 aromatic rings. The minimum Gasteiger partial charge on any atom is -0.390 e. The number of nitrogens with one attached hydrogen (secondary N) is 2. The Kier molecular flexibility index (Phi) is 81.6. The van der Waals surface area contributed by atoms with Gasteiger partial charge in [0, 0.05) is 67.3 Å². The second-order valence-electron chi connectivity index (χ2n) is 5.30. The van der Waals surface area contributed by atoms with Crippen LogP contribution in [-0.4, -0.2) is 85.8 Å². The van der Waals surface area contributed by atoms with Crippen molar-refractivity contribution in [2.75, 3.05) is 27.3 Å². The molecule has 0 spiro atoms. The van der Waals surface area contributed by atoms with Gasteiger partial charge in [-0.15, -0.1) is 24.8 Å². The first kappa shape index (κ1) is 77.3. The molecule has 0 aliphatic rings. The van der Waals surface area contributed by atoms with Crippen LogP contribution in [0.1, 0.15) is 12.8 Å². The number of hydrogen-bond donors (Lipinski definition) is 11. The van der Waals surface area contributed by atoms with Crippen molar-refractivity contribution in [3.05, 3.63) is 44.6 Å². The maximum atomic E-state index is 9.67. The van der Waals surface area contributed by atoms with Gasteiger partial charge in [0.25, 0.3) is 0 Å². The zero-order chi connectivity index (χ0) is 22.4. The summed E-state index contributed by atoms with van der Waals surface area (Å²) >= 11 is 0. The zero-order valence-corrected chi connectivity index (χ0v) is 33.8. The molecule has 22 heteroatoms. The van der Waals surface area contributed by atoms with Gasteiger partial charge in [-0.05, 0) is 12.8 Å². The number of rotatable bonds is 12. The van der Waals surface area contributed by atoms with Crippen LogP contribution < -0.4 is 22.5 Å². The summed E-state index contributed by atoms with van der Waals surface area (Å²) in [5.74, 6) is -0.336. The first-order chi connectivity index (χ1) is 12.7. The van der Waals surface area contributed by atoms with Gasteiger partial charge in [-0.25, -0.2) is 0 Å². The van der Waals surface area contributed by atoms with Gasteiger partial charge in [-0.1, -0.05) is 0 Å². The van der Waals surface area contributed by atoms with Gasteiger partial charge in [0.05, 0.1) is 14.2 Å². The van der Waals surface area contributed by atoms with E-state index in [1.54, 1.807) is 0 Å². The van der Waals surface area contributed by atoms with E-state index in [2.05, 4.69) is 19.4 Å². The van der Waals surface area contributed by atoms with Crippen molar-refractivity contribution < 1.29 is 84.3 Å². The Balaban J connectivity index is -0.0000000356. The maximum absolute atomic E-state index is 9.67. The molecule has 0 aliphatic carbocycles. The van der Waals surface area contributed by atoms with Crippen molar-refractivity contribution in [1.29, 1.82) is 5.41 Å². The van der Waals surface area contributed by atoms with Crippen LogP contribution in [-0.2, 0) is 55.3 Å². The van der Waals surface area contributed by atoms with Crippen molar-refractivity contribution >= 4 is 62.5 Å². The quantitative estimate of drug-likeness (QED) is 0.0304. The molecule has 0 saturated heterocycles. The van der Waals surface area contributed by atoms with E-state index >= 15 is 0 Å². The summed E-state index contributed by atoms with van der Waals surface area (Å²) in [5.41, 5.74) is 15.3. The van der Waals surface area contributed by atoms with Crippen molar-refractivity contribution in [3.63, 3.8) is 0 Å². The number of halogens is 2. The molecule has 0 fully saturated rings. The summed E-state index contributed by atoms with van der Waals surface area (Å²) in [7, 11) is -9.41. The zero-order valence-electron chi connectivity index (χ0n) is 23.4. The smallest absolute Gasteiger partial charge is 0.390 e. The average molecular weight is 998 g/mol. The third kappa shape index (κ3) is 57.0. The Bertz CT molecular complexity index is 506. The van der Waals surface area contributed by atoms with Gasteiger partial charge in [-0.3, -0.25) is 10.4 Å². The molecule has 0 rings (SSSR count). The number of nitrogens with zero attached hydrogens (tertiary/aromatic N) is 1. The van der Waals surface area contributed by atoms with Crippen LogP contribution in [0, 0.1) is 50.0 Å². The topological polar surface area (TPSA) is 275 Å². The van der Waals surface area contributed by atoms with Crippen LogP contribution >= 0.6 is 33.0 Å². The first-order valence-corrected chi connectivity index (χ1v) is 13.4. The molecular weight excluding hydrogens is 946 g/mol. The van der Waals surface area contributed by atoms with Gasteiger partial charge in [0.1, 0.15) is 0 Å². The molecule has 14 N–H and O–H groups in total. The third-order valence-electron chi connectivity index (χ3n) is 2.75. The summed E-state index contributed by atoms with van der Waals surface area (Å²) < 4.78 is 12.9. The Morgan fingerprint density at radius 1 is 0.816 bits per heavy atom. The molecule has 0 aliphatic heterocycles. The van der Waals surface area contributed by atoms with Gasteiger partial charge in [0.15, 0.2) is 11.9 Å². The predicted octanol–water partition coefficient (Wildman–Crippen LogP) is -0.132. The second-order valence-corrected chi connectivity index (χ2v) is 11.8. The largest absolute Gasteiger partial charge is 0.569 e. The van der Waals surface area contributed by atoms with Crippen LogP contribution in [0.25, 0.3) is 0 Å². The predicted molar refractivity (Wildman–Crippen MR) is 159 cm³/mol. The Labute approximate surface area is 275 Å². The van der Waals surface area contributed by atoms with E-state index in [0.29, 0.717) is 0 Å². The normalized spacial score (nSPS) is 8.84. The van der Waals surface area contributed by atoms with E-state index in [0.717, 1.165) is 14.2 Å². The Hall–Kier alpha value is 1.00. The fraction of sp³-hybridized carbons (Fsp3) is 0.500. The van der Waals surface area contributed by atoms with E-state index in [9.17, 15) is 19.2 Å². The van der Waals surface area contributed by atoms with Gasteiger partial charge < -0.3 is 90.4 Å². The van der Waals surface area contributed by atoms with E-state index < -0.39 is 25.8 Å². The summed E-state index contributed by atoms with van der Waals surface area (Å²) in [5, 5.41) is 9.40. The Morgan fingerprint density at radius 3 is 1.42 bits per heavy atom. The SMILES string of the molecule is CO[P+](O)(O)OC.Cl.Cl.N=C(N)NCCC[Si](O)(O)O[Si](O)(O)CCCN=C(N)N.[CH3-].[CH3-].[CH3-].[CH3-].[CH3-].[CH3-].[W].[W]. The van der Waals surface area contributed by atoms with Crippen LogP contribution in [0.15, 0.2) is 4.99 Å². The second kappa shape index (κ2) is 40.1. The van der Waals surface area contributed by atoms with Crippen molar-refractivity contribution in [1.82, 2.24) is 5.32 Å². The molecule has 0 heterocycles. The molecule has 0 bridgehead atoms. The van der Waals surface area contributed by atoms with Crippen molar-refractivity contribution in [2.45, 2.75) is 24.9 Å². The van der Waals surface area contributed by atoms with Crippen LogP contribution in [0.3, 0.4) is 0 Å². The van der Waals surface area contributed by atoms with Crippen LogP contribution in [0.5, 0.6) is 0 Å². The minimum atomic E-state index is -4.17. The van der Waals surface area contributed by atoms with Crippen LogP contribution in [0.2, 0.25) is 12.1 Å². The summed E-state index contributed by atoms with van der Waals surface area (Å²) in [6, 6.07) is -0.289. The van der Waals surface area contributed by atoms with Crippen LogP contribution in [0.4, 0.5) is 0 Å². The van der Waals surface area contributed by atoms with E-state index in [-0.39, 0.29) is 161 Å². The molecule has 244 valence electrons. The summed E-state index contributed by atoms with van der Waals surface area (Å²) in [6.07, 6.45) is 0.505. The molecule has 38 heavy (non-hydrogen) atoms. The molecular formula is C16H52Cl2N6O9PSi2W2-5. The van der Waals surface area contributed by atoms with Gasteiger partial charge in [0.2, 0.25) is 0 Å². The molecule has 0 saturated carbocycles. The van der Waals surface area contributed by atoms with Crippen molar-refractivity contribution in [3.8, 4) is 0 Å². The molecule has 0 radical (unpaired) electrons. The van der Waals surface area contributed by atoms with E-state index in [4.69, 9.17) is 36.5 Å². The number of aliphatic imine (C=N–C) groups is 1. The average Bonchev–Trinajstić information content (AvgIpc) is 2.55. The number of nitrogens with two attached hydrogens (primary N) is 3. The molecule has 0 aromatic heterocycles. The number of hydrogen-bond acceptors (Lipinski definition) is 11. The maximum Gasteiger partial charge on any atom is 0.569 e. The first-order valence-electron chi connectivity index (χ1n) is 7.85. The summed E-state index contributed by atoms with van der Waals surface area (Å²) in [6.45, 7) is 0.444.